The second kappa shape index (κ2) is 7.22. The number of ether oxygens (including phenoxy) is 1. The maximum atomic E-state index is 12.8. The monoisotopic (exact) mass is 373 g/mol. The lowest BCUT2D eigenvalue weighted by Crippen LogP contribution is -2.26. The quantitative estimate of drug-likeness (QED) is 0.536. The Morgan fingerprint density at radius 1 is 1.04 bits per heavy atom. The van der Waals surface area contributed by atoms with E-state index >= 15 is 0 Å². The van der Waals surface area contributed by atoms with E-state index in [1.165, 1.54) is 0 Å². The molecule has 8 heteroatoms. The molecular weight excluding hydrogens is 353 g/mol. The van der Waals surface area contributed by atoms with Crippen LogP contribution in [0.1, 0.15) is 29.8 Å². The third-order valence-electron chi connectivity index (χ3n) is 3.67. The van der Waals surface area contributed by atoms with Crippen LogP contribution in [-0.4, -0.2) is 18.5 Å². The van der Waals surface area contributed by atoms with Crippen LogP contribution in [0.3, 0.4) is 0 Å². The summed E-state index contributed by atoms with van der Waals surface area (Å²) in [4.78, 5) is 24.3. The van der Waals surface area contributed by atoms with E-state index in [0.717, 1.165) is 0 Å². The fourth-order valence-corrected chi connectivity index (χ4v) is 4.01. The molecule has 0 bridgehead atoms. The van der Waals surface area contributed by atoms with Crippen molar-refractivity contribution < 1.29 is 18.9 Å². The molecule has 26 heavy (non-hydrogen) atoms. The highest BCUT2D eigenvalue weighted by Crippen LogP contribution is 2.51. The summed E-state index contributed by atoms with van der Waals surface area (Å²) in [5, 5.41) is 7.84. The average molecular weight is 373 g/mol. The van der Waals surface area contributed by atoms with Crippen molar-refractivity contribution in [2.45, 2.75) is 13.8 Å². The Balaban J connectivity index is 1.72. The molecule has 0 radical (unpaired) electrons. The van der Waals surface area contributed by atoms with Crippen molar-refractivity contribution in [3.63, 3.8) is 0 Å². The Labute approximate surface area is 151 Å². The van der Waals surface area contributed by atoms with Crippen molar-refractivity contribution >= 4 is 30.8 Å². The first-order valence-corrected chi connectivity index (χ1v) is 9.92. The lowest BCUT2D eigenvalue weighted by Gasteiger charge is -2.15. The highest BCUT2D eigenvalue weighted by molar-refractivity contribution is 7.66. The molecule has 1 aliphatic heterocycles. The third-order valence-corrected chi connectivity index (χ3v) is 5.28. The molecule has 1 heterocycles. The van der Waals surface area contributed by atoms with Crippen molar-refractivity contribution in [1.82, 2.24) is 5.09 Å². The van der Waals surface area contributed by atoms with Crippen LogP contribution in [0.5, 0.6) is 0 Å². The van der Waals surface area contributed by atoms with Gasteiger partial charge in [-0.1, -0.05) is 44.2 Å². The molecule has 1 atom stereocenters. The zero-order valence-electron chi connectivity index (χ0n) is 14.5. The van der Waals surface area contributed by atoms with Crippen molar-refractivity contribution in [1.29, 1.82) is 0 Å². The number of hydrogen-bond acceptors (Lipinski definition) is 4. The van der Waals surface area contributed by atoms with Gasteiger partial charge in [0.25, 0.3) is 0 Å². The zero-order valence-corrected chi connectivity index (χ0v) is 15.4. The van der Waals surface area contributed by atoms with Gasteiger partial charge in [0.2, 0.25) is 0 Å². The summed E-state index contributed by atoms with van der Waals surface area (Å²) in [7, 11) is -3.43. The molecule has 3 rings (SSSR count). The molecule has 0 fully saturated rings. The SMILES string of the molecule is CC(C)COC(=O)NP1(=O)Nc2ccc(C(=O)c3ccccc3)cc2N1. The first-order valence-electron chi connectivity index (χ1n) is 8.22. The van der Waals surface area contributed by atoms with Gasteiger partial charge in [0.05, 0.1) is 18.0 Å². The van der Waals surface area contributed by atoms with Gasteiger partial charge in [-0.15, -0.1) is 0 Å². The number of fused-ring (bicyclic) bond motifs is 1. The number of ketones is 1. The molecule has 0 saturated heterocycles. The summed E-state index contributed by atoms with van der Waals surface area (Å²) in [6.45, 7) is 4.04. The van der Waals surface area contributed by atoms with Gasteiger partial charge in [-0.3, -0.25) is 9.36 Å². The number of anilines is 2. The molecule has 136 valence electrons. The molecule has 0 saturated carbocycles. The molecule has 1 unspecified atom stereocenters. The van der Waals surface area contributed by atoms with Crippen LogP contribution in [0.25, 0.3) is 0 Å². The normalized spacial score (nSPS) is 17.8. The second-order valence-corrected chi connectivity index (χ2v) is 8.28. The van der Waals surface area contributed by atoms with E-state index in [1.54, 1.807) is 42.5 Å². The first-order chi connectivity index (χ1) is 12.4. The Hall–Kier alpha value is -2.79. The van der Waals surface area contributed by atoms with Crippen LogP contribution in [0.4, 0.5) is 16.2 Å². The van der Waals surface area contributed by atoms with Crippen LogP contribution in [0.2, 0.25) is 0 Å². The van der Waals surface area contributed by atoms with Gasteiger partial charge in [0, 0.05) is 11.1 Å². The minimum Gasteiger partial charge on any atom is -0.449 e. The van der Waals surface area contributed by atoms with E-state index in [-0.39, 0.29) is 18.3 Å². The average Bonchev–Trinajstić information content (AvgIpc) is 2.94. The predicted molar refractivity (Wildman–Crippen MR) is 100 cm³/mol. The number of carbonyl (C=O) groups is 2. The summed E-state index contributed by atoms with van der Waals surface area (Å²) in [5.41, 5.74) is 2.05. The molecule has 2 aromatic rings. The predicted octanol–water partition coefficient (Wildman–Crippen LogP) is 4.25. The maximum absolute atomic E-state index is 12.8. The van der Waals surface area contributed by atoms with E-state index in [9.17, 15) is 14.2 Å². The minimum absolute atomic E-state index is 0.138. The Morgan fingerprint density at radius 3 is 2.42 bits per heavy atom. The summed E-state index contributed by atoms with van der Waals surface area (Å²) in [6, 6.07) is 13.8. The van der Waals surface area contributed by atoms with Crippen LogP contribution < -0.4 is 15.3 Å². The summed E-state index contributed by atoms with van der Waals surface area (Å²) in [6.07, 6.45) is -0.768. The number of rotatable bonds is 5. The zero-order chi connectivity index (χ0) is 18.7. The summed E-state index contributed by atoms with van der Waals surface area (Å²) >= 11 is 0. The fraction of sp³-hybridized carbons (Fsp3) is 0.222. The second-order valence-electron chi connectivity index (χ2n) is 6.39. The van der Waals surface area contributed by atoms with Gasteiger partial charge in [-0.2, -0.15) is 0 Å². The van der Waals surface area contributed by atoms with Crippen molar-refractivity contribution in [3.05, 3.63) is 59.7 Å². The Morgan fingerprint density at radius 2 is 1.73 bits per heavy atom. The van der Waals surface area contributed by atoms with Crippen molar-refractivity contribution in [2.75, 3.05) is 16.8 Å². The summed E-state index contributed by atoms with van der Waals surface area (Å²) < 4.78 is 17.8. The molecule has 0 aromatic heterocycles. The lowest BCUT2D eigenvalue weighted by atomic mass is 10.0. The standard InChI is InChI=1S/C18H20N3O4P/c1-12(2)11-25-18(23)21-26(24)19-15-9-8-14(10-16(15)20-26)17(22)13-6-4-3-5-7-13/h3-10,12H,11H2,1-2H3,(H3,19,20,21,23,24). The topological polar surface area (TPSA) is 96.5 Å². The molecule has 2 aromatic carbocycles. The number of nitrogens with one attached hydrogen (secondary N) is 3. The van der Waals surface area contributed by atoms with Gasteiger partial charge >= 0.3 is 13.7 Å². The highest BCUT2D eigenvalue weighted by atomic mass is 31.2. The molecule has 0 spiro atoms. The largest absolute Gasteiger partial charge is 0.449 e. The van der Waals surface area contributed by atoms with Crippen LogP contribution in [0.15, 0.2) is 48.5 Å². The van der Waals surface area contributed by atoms with E-state index in [4.69, 9.17) is 4.74 Å². The van der Waals surface area contributed by atoms with E-state index < -0.39 is 13.7 Å². The van der Waals surface area contributed by atoms with E-state index in [0.29, 0.717) is 22.5 Å². The molecule has 1 aliphatic rings. The fourth-order valence-electron chi connectivity index (χ4n) is 2.46. The van der Waals surface area contributed by atoms with E-state index in [2.05, 4.69) is 15.3 Å². The molecule has 7 nitrogen and oxygen atoms in total. The van der Waals surface area contributed by atoms with Gasteiger partial charge in [0.1, 0.15) is 0 Å². The smallest absolute Gasteiger partial charge is 0.415 e. The summed E-state index contributed by atoms with van der Waals surface area (Å²) in [5.74, 6) is 0.0381. The van der Waals surface area contributed by atoms with Crippen molar-refractivity contribution in [2.24, 2.45) is 5.92 Å². The first kappa shape index (κ1) is 18.0. The van der Waals surface area contributed by atoms with E-state index in [1.807, 2.05) is 19.9 Å². The van der Waals surface area contributed by atoms with Crippen LogP contribution in [0, 0.1) is 5.92 Å². The number of amides is 1. The minimum atomic E-state index is -3.43. The highest BCUT2D eigenvalue weighted by Gasteiger charge is 2.33. The van der Waals surface area contributed by atoms with Crippen LogP contribution in [-0.2, 0) is 9.30 Å². The number of hydrogen-bond donors (Lipinski definition) is 3. The van der Waals surface area contributed by atoms with Crippen LogP contribution >= 0.6 is 7.59 Å². The molecule has 1 amide bonds. The number of carbonyl (C=O) groups excluding carboxylic acids is 2. The van der Waals surface area contributed by atoms with Gasteiger partial charge in [-0.25, -0.2) is 9.88 Å². The number of benzene rings is 2. The maximum Gasteiger partial charge on any atom is 0.415 e. The molecular formula is C18H20N3O4P. The van der Waals surface area contributed by atoms with Gasteiger partial charge < -0.3 is 14.9 Å². The molecule has 0 aliphatic carbocycles. The Kier molecular flexibility index (Phi) is 5.00. The van der Waals surface area contributed by atoms with Gasteiger partial charge in [0.15, 0.2) is 5.78 Å². The van der Waals surface area contributed by atoms with Crippen molar-refractivity contribution in [3.8, 4) is 0 Å². The third kappa shape index (κ3) is 4.06. The Bertz CT molecular complexity index is 883. The molecule has 3 N–H and O–H groups in total. The van der Waals surface area contributed by atoms with Gasteiger partial charge in [-0.05, 0) is 24.1 Å². The lowest BCUT2D eigenvalue weighted by molar-refractivity contribution is 0.103.